The van der Waals surface area contributed by atoms with Crippen molar-refractivity contribution in [1.82, 2.24) is 15.0 Å². The Balaban J connectivity index is 1.66. The fraction of sp³-hybridized carbons (Fsp3) is 0.138. The van der Waals surface area contributed by atoms with Gasteiger partial charge in [0.15, 0.2) is 0 Å². The van der Waals surface area contributed by atoms with Crippen LogP contribution in [-0.2, 0) is 0 Å². The van der Waals surface area contributed by atoms with Crippen molar-refractivity contribution >= 4 is 33.0 Å². The monoisotopic (exact) mass is 441 g/mol. The molecular formula is C29H23N3O. The minimum absolute atomic E-state index is 0.0274. The van der Waals surface area contributed by atoms with Crippen molar-refractivity contribution in [2.75, 3.05) is 0 Å². The highest BCUT2D eigenvalue weighted by Crippen LogP contribution is 2.37. The van der Waals surface area contributed by atoms with Crippen LogP contribution in [0.1, 0.15) is 39.0 Å². The van der Waals surface area contributed by atoms with E-state index in [4.69, 9.17) is 20.9 Å². The highest BCUT2D eigenvalue weighted by atomic mass is 16.3. The van der Waals surface area contributed by atoms with Gasteiger partial charge < -0.3 is 4.42 Å². The fourth-order valence-electron chi connectivity index (χ4n) is 4.15. The van der Waals surface area contributed by atoms with Gasteiger partial charge in [-0.2, -0.15) is 0 Å². The van der Waals surface area contributed by atoms with E-state index >= 15 is 0 Å². The average molecular weight is 442 g/mol. The van der Waals surface area contributed by atoms with Crippen LogP contribution in [0.4, 0.5) is 0 Å². The number of pyridine rings is 3. The maximum atomic E-state index is 8.24. The largest absolute Gasteiger partial charge is 0.437 e. The van der Waals surface area contributed by atoms with Crippen molar-refractivity contribution in [3.8, 4) is 22.4 Å². The standard InChI is InChI=1S/C29H23N3O/c1-16-8-11-26-25(12-16)24(13-19(4)31-26)23-14-27(30-15-17(23)2)22-7-5-6-20-21-10-9-18(3)32-29(21)33-28(20)22/h5-15H,1-4H3/i1D3,2D3,3D3,4D3. The van der Waals surface area contributed by atoms with Crippen LogP contribution < -0.4 is 0 Å². The molecule has 0 radical (unpaired) electrons. The molecule has 0 spiro atoms. The number of aryl methyl sites for hydroxylation is 4. The maximum Gasteiger partial charge on any atom is 0.227 e. The molecule has 0 N–H and O–H groups in total. The highest BCUT2D eigenvalue weighted by molar-refractivity contribution is 6.08. The van der Waals surface area contributed by atoms with Gasteiger partial charge in [0.1, 0.15) is 5.58 Å². The quantitative estimate of drug-likeness (QED) is 0.279. The first-order valence-corrected chi connectivity index (χ1v) is 10.1. The summed E-state index contributed by atoms with van der Waals surface area (Å²) in [5, 5.41) is 1.44. The molecule has 4 nitrogen and oxygen atoms in total. The van der Waals surface area contributed by atoms with E-state index in [0.717, 1.165) is 0 Å². The molecule has 33 heavy (non-hydrogen) atoms. The summed E-state index contributed by atoms with van der Waals surface area (Å²) < 4.78 is 102. The van der Waals surface area contributed by atoms with Gasteiger partial charge in [0.2, 0.25) is 5.71 Å². The molecule has 0 aliphatic heterocycles. The molecule has 0 saturated carbocycles. The zero-order valence-corrected chi connectivity index (χ0v) is 17.1. The lowest BCUT2D eigenvalue weighted by Gasteiger charge is -2.13. The Morgan fingerprint density at radius 3 is 2.58 bits per heavy atom. The number of nitrogens with zero attached hydrogens (tertiary/aromatic N) is 3. The molecule has 6 aromatic rings. The second kappa shape index (κ2) is 7.24. The van der Waals surface area contributed by atoms with Gasteiger partial charge in [0, 0.05) is 55.8 Å². The van der Waals surface area contributed by atoms with E-state index in [0.29, 0.717) is 21.9 Å². The molecule has 0 fully saturated rings. The van der Waals surface area contributed by atoms with E-state index < -0.39 is 27.4 Å². The van der Waals surface area contributed by atoms with Gasteiger partial charge in [-0.3, -0.25) is 9.97 Å². The second-order valence-corrected chi connectivity index (χ2v) is 7.74. The topological polar surface area (TPSA) is 51.8 Å². The Morgan fingerprint density at radius 2 is 1.70 bits per heavy atom. The van der Waals surface area contributed by atoms with Crippen molar-refractivity contribution in [2.45, 2.75) is 27.4 Å². The SMILES string of the molecule is [2H]C([2H])([2H])c1ccc2nc(C([2H])([2H])[2H])cc(-c3cc(-c4cccc5c4oc4nc(C([2H])([2H])[2H])ccc45)ncc3C([2H])([2H])[2H])c2c1. The van der Waals surface area contributed by atoms with Crippen molar-refractivity contribution in [2.24, 2.45) is 0 Å². The van der Waals surface area contributed by atoms with Crippen LogP contribution in [0, 0.1) is 27.4 Å². The van der Waals surface area contributed by atoms with Crippen LogP contribution in [0.5, 0.6) is 0 Å². The van der Waals surface area contributed by atoms with Crippen LogP contribution >= 0.6 is 0 Å². The number of fused-ring (bicyclic) bond motifs is 4. The maximum absolute atomic E-state index is 8.24. The third-order valence-electron chi connectivity index (χ3n) is 5.64. The summed E-state index contributed by atoms with van der Waals surface area (Å²) >= 11 is 0. The Bertz CT molecular complexity index is 2120. The first-order chi connectivity index (χ1) is 20.8. The number of hydrogen-bond donors (Lipinski definition) is 0. The van der Waals surface area contributed by atoms with E-state index in [1.165, 1.54) is 42.6 Å². The van der Waals surface area contributed by atoms with E-state index in [1.54, 1.807) is 24.3 Å². The molecule has 4 heteroatoms. The summed E-state index contributed by atoms with van der Waals surface area (Å²) in [6.45, 7) is -10.3. The molecular weight excluding hydrogens is 406 g/mol. The van der Waals surface area contributed by atoms with Crippen molar-refractivity contribution < 1.29 is 20.9 Å². The molecule has 4 aromatic heterocycles. The molecule has 2 aromatic carbocycles. The van der Waals surface area contributed by atoms with Crippen molar-refractivity contribution in [1.29, 1.82) is 0 Å². The number of rotatable bonds is 2. The van der Waals surface area contributed by atoms with E-state index in [1.807, 2.05) is 0 Å². The lowest BCUT2D eigenvalue weighted by molar-refractivity contribution is 0.653. The predicted molar refractivity (Wildman–Crippen MR) is 134 cm³/mol. The fourth-order valence-corrected chi connectivity index (χ4v) is 4.15. The van der Waals surface area contributed by atoms with Gasteiger partial charge in [-0.15, -0.1) is 0 Å². The smallest absolute Gasteiger partial charge is 0.227 e. The summed E-state index contributed by atoms with van der Waals surface area (Å²) in [6, 6.07) is 15.1. The first-order valence-electron chi connectivity index (χ1n) is 16.1. The Kier molecular flexibility index (Phi) is 2.35. The number of benzene rings is 2. The second-order valence-electron chi connectivity index (χ2n) is 7.74. The molecule has 0 unspecified atom stereocenters. The molecule has 0 atom stereocenters. The summed E-state index contributed by atoms with van der Waals surface area (Å²) in [6.07, 6.45) is 1.18. The average Bonchev–Trinajstić information content (AvgIpc) is 3.32. The zero-order chi connectivity index (χ0) is 32.7. The number of hydrogen-bond acceptors (Lipinski definition) is 4. The molecule has 6 rings (SSSR count). The van der Waals surface area contributed by atoms with Crippen molar-refractivity contribution in [3.63, 3.8) is 0 Å². The molecule has 0 aliphatic rings. The van der Waals surface area contributed by atoms with E-state index in [2.05, 4.69) is 15.0 Å². The number of para-hydroxylation sites is 1. The summed E-state index contributed by atoms with van der Waals surface area (Å²) in [5.74, 6) is 0. The van der Waals surface area contributed by atoms with E-state index in [9.17, 15) is 0 Å². The van der Waals surface area contributed by atoms with Gasteiger partial charge in [-0.25, -0.2) is 4.98 Å². The van der Waals surface area contributed by atoms with Crippen LogP contribution in [0.3, 0.4) is 0 Å². The van der Waals surface area contributed by atoms with Crippen LogP contribution in [0.15, 0.2) is 71.3 Å². The lowest BCUT2D eigenvalue weighted by Crippen LogP contribution is -1.94. The summed E-state index contributed by atoms with van der Waals surface area (Å²) in [5.41, 5.74) is 0.946. The first kappa shape index (κ1) is 10.7. The van der Waals surface area contributed by atoms with E-state index in [-0.39, 0.29) is 56.0 Å². The summed E-state index contributed by atoms with van der Waals surface area (Å²) in [4.78, 5) is 12.9. The Morgan fingerprint density at radius 1 is 0.727 bits per heavy atom. The third-order valence-corrected chi connectivity index (χ3v) is 5.64. The minimum Gasteiger partial charge on any atom is -0.437 e. The molecule has 4 heterocycles. The highest BCUT2D eigenvalue weighted by Gasteiger charge is 2.16. The zero-order valence-electron chi connectivity index (χ0n) is 29.1. The van der Waals surface area contributed by atoms with Gasteiger partial charge in [0.25, 0.3) is 0 Å². The number of furan rings is 1. The Labute approximate surface area is 208 Å². The molecule has 0 saturated heterocycles. The summed E-state index contributed by atoms with van der Waals surface area (Å²) in [7, 11) is 0. The van der Waals surface area contributed by atoms with Gasteiger partial charge in [-0.1, -0.05) is 23.8 Å². The van der Waals surface area contributed by atoms with Crippen LogP contribution in [-0.4, -0.2) is 15.0 Å². The molecule has 160 valence electrons. The molecule has 0 amide bonds. The van der Waals surface area contributed by atoms with Gasteiger partial charge in [-0.05, 0) is 86.6 Å². The Hall–Kier alpha value is -4.05. The predicted octanol–water partition coefficient (Wildman–Crippen LogP) is 7.49. The normalized spacial score (nSPS) is 18.5. The molecule has 0 bridgehead atoms. The van der Waals surface area contributed by atoms with Gasteiger partial charge in [0.05, 0.1) is 11.2 Å². The molecule has 0 aliphatic carbocycles. The van der Waals surface area contributed by atoms with Crippen LogP contribution in [0.25, 0.3) is 55.4 Å². The van der Waals surface area contributed by atoms with Crippen LogP contribution in [0.2, 0.25) is 0 Å². The van der Waals surface area contributed by atoms with Crippen molar-refractivity contribution in [3.05, 3.63) is 89.4 Å². The number of aromatic nitrogens is 3. The van der Waals surface area contributed by atoms with Gasteiger partial charge >= 0.3 is 0 Å². The minimum atomic E-state index is -2.68. The lowest BCUT2D eigenvalue weighted by atomic mass is 9.95. The third kappa shape index (κ3) is 3.18.